The molecule has 0 radical (unpaired) electrons. The number of aliphatic carboxylic acids is 1. The van der Waals surface area contributed by atoms with Crippen LogP contribution in [0.3, 0.4) is 0 Å². The van der Waals surface area contributed by atoms with Gasteiger partial charge in [0.15, 0.2) is 0 Å². The zero-order valence-electron chi connectivity index (χ0n) is 17.2. The van der Waals surface area contributed by atoms with E-state index in [0.29, 0.717) is 6.61 Å². The minimum absolute atomic E-state index is 0.0603. The third-order valence-corrected chi connectivity index (χ3v) is 6.54. The average molecular weight is 430 g/mol. The van der Waals surface area contributed by atoms with E-state index >= 15 is 0 Å². The summed E-state index contributed by atoms with van der Waals surface area (Å²) in [4.78, 5) is 23.9. The van der Waals surface area contributed by atoms with Gasteiger partial charge in [0, 0.05) is 30.6 Å². The molecular weight excluding hydrogens is 402 g/mol. The molecule has 2 aromatic rings. The summed E-state index contributed by atoms with van der Waals surface area (Å²) in [5.41, 5.74) is 4.52. The van der Waals surface area contributed by atoms with Crippen molar-refractivity contribution in [2.45, 2.75) is 30.6 Å². The van der Waals surface area contributed by atoms with E-state index in [0.717, 1.165) is 28.7 Å². The molecule has 2 N–H and O–H groups in total. The van der Waals surface area contributed by atoms with Crippen molar-refractivity contribution in [1.29, 1.82) is 0 Å². The first-order chi connectivity index (χ1) is 14.5. The van der Waals surface area contributed by atoms with E-state index in [1.807, 2.05) is 43.3 Å². The number of amides is 1. The van der Waals surface area contributed by atoms with Crippen molar-refractivity contribution in [3.63, 3.8) is 0 Å². The van der Waals surface area contributed by atoms with Crippen molar-refractivity contribution in [3.8, 4) is 11.1 Å². The van der Waals surface area contributed by atoms with Crippen LogP contribution < -0.4 is 5.32 Å². The molecule has 0 spiro atoms. The monoisotopic (exact) mass is 429 g/mol. The summed E-state index contributed by atoms with van der Waals surface area (Å²) in [6, 6.07) is 15.1. The largest absolute Gasteiger partial charge is 0.480 e. The number of nitrogens with one attached hydrogen (secondary N) is 1. The number of ether oxygens (including phenoxy) is 2. The third kappa shape index (κ3) is 5.34. The van der Waals surface area contributed by atoms with Gasteiger partial charge in [-0.3, -0.25) is 0 Å². The summed E-state index contributed by atoms with van der Waals surface area (Å²) in [5.74, 6) is -0.866. The van der Waals surface area contributed by atoms with Crippen LogP contribution in [0.25, 0.3) is 11.1 Å². The van der Waals surface area contributed by atoms with Crippen molar-refractivity contribution in [1.82, 2.24) is 5.32 Å². The molecule has 160 valence electrons. The predicted molar refractivity (Wildman–Crippen MR) is 118 cm³/mol. The molecule has 0 fully saturated rings. The summed E-state index contributed by atoms with van der Waals surface area (Å²) < 4.78 is 10.5. The number of thioether (sulfide) groups is 1. The highest BCUT2D eigenvalue weighted by Gasteiger charge is 2.29. The number of rotatable bonds is 10. The molecule has 30 heavy (non-hydrogen) atoms. The third-order valence-electron chi connectivity index (χ3n) is 5.21. The van der Waals surface area contributed by atoms with Crippen molar-refractivity contribution < 1.29 is 24.2 Å². The fraction of sp³-hybridized carbons (Fsp3) is 0.391. The smallest absolute Gasteiger partial charge is 0.407 e. The van der Waals surface area contributed by atoms with Crippen LogP contribution in [0.4, 0.5) is 4.79 Å². The lowest BCUT2D eigenvalue weighted by Crippen LogP contribution is -2.43. The van der Waals surface area contributed by atoms with Gasteiger partial charge >= 0.3 is 12.1 Å². The topological polar surface area (TPSA) is 84.9 Å². The van der Waals surface area contributed by atoms with Crippen LogP contribution in [0.2, 0.25) is 0 Å². The Hall–Kier alpha value is -2.51. The number of carbonyl (C=O) groups excluding carboxylic acids is 1. The lowest BCUT2D eigenvalue weighted by Gasteiger charge is -2.18. The van der Waals surface area contributed by atoms with Crippen LogP contribution >= 0.6 is 11.8 Å². The molecular formula is C23H27NO5S. The number of carbonyl (C=O) groups is 2. The fourth-order valence-corrected chi connectivity index (χ4v) is 4.59. The highest BCUT2D eigenvalue weighted by atomic mass is 32.2. The number of hydrogen-bond donors (Lipinski definition) is 2. The quantitative estimate of drug-likeness (QED) is 0.591. The molecule has 0 saturated carbocycles. The minimum Gasteiger partial charge on any atom is -0.480 e. The Morgan fingerprint density at radius 2 is 1.70 bits per heavy atom. The minimum atomic E-state index is -1.07. The van der Waals surface area contributed by atoms with Crippen LogP contribution in [0.5, 0.6) is 0 Å². The average Bonchev–Trinajstić information content (AvgIpc) is 3.07. The van der Waals surface area contributed by atoms with Crippen molar-refractivity contribution >= 4 is 23.8 Å². The van der Waals surface area contributed by atoms with Crippen molar-refractivity contribution in [2.75, 3.05) is 26.1 Å². The molecule has 3 rings (SSSR count). The van der Waals surface area contributed by atoms with Gasteiger partial charge in [-0.25, -0.2) is 9.59 Å². The summed E-state index contributed by atoms with van der Waals surface area (Å²) in [7, 11) is 1.64. The van der Waals surface area contributed by atoms with Crippen LogP contribution in [0.1, 0.15) is 30.4 Å². The molecule has 7 heteroatoms. The maximum absolute atomic E-state index is 12.3. The number of hydrogen-bond acceptors (Lipinski definition) is 5. The Labute approximate surface area is 181 Å². The molecule has 2 aromatic carbocycles. The molecule has 2 unspecified atom stereocenters. The van der Waals surface area contributed by atoms with E-state index in [2.05, 4.69) is 17.4 Å². The highest BCUT2D eigenvalue weighted by Crippen LogP contribution is 2.44. The summed E-state index contributed by atoms with van der Waals surface area (Å²) in [6.07, 6.45) is 0.104. The highest BCUT2D eigenvalue weighted by molar-refractivity contribution is 7.99. The zero-order valence-corrected chi connectivity index (χ0v) is 18.0. The predicted octanol–water partition coefficient (Wildman–Crippen LogP) is 4.14. The number of benzene rings is 2. The maximum Gasteiger partial charge on any atom is 0.407 e. The van der Waals surface area contributed by atoms with Gasteiger partial charge in [0.2, 0.25) is 0 Å². The van der Waals surface area contributed by atoms with E-state index in [4.69, 9.17) is 9.47 Å². The van der Waals surface area contributed by atoms with Crippen LogP contribution in [0, 0.1) is 0 Å². The summed E-state index contributed by atoms with van der Waals surface area (Å²) >= 11 is 1.49. The lowest BCUT2D eigenvalue weighted by atomic mass is 9.98. The SMILES string of the molecule is COCCC(C)SCC(NC(=O)OCC1c2ccccc2-c2ccccc21)C(=O)O. The van der Waals surface area contributed by atoms with Gasteiger partial charge in [-0.05, 0) is 28.7 Å². The second-order valence-electron chi connectivity index (χ2n) is 7.29. The van der Waals surface area contributed by atoms with Gasteiger partial charge < -0.3 is 19.9 Å². The van der Waals surface area contributed by atoms with Gasteiger partial charge in [-0.15, -0.1) is 0 Å². The Balaban J connectivity index is 1.58. The number of carboxylic acid groups (broad SMARTS) is 1. The van der Waals surface area contributed by atoms with E-state index < -0.39 is 18.1 Å². The molecule has 0 heterocycles. The molecule has 1 amide bonds. The number of methoxy groups -OCH3 is 1. The molecule has 0 saturated heterocycles. The van der Waals surface area contributed by atoms with E-state index in [1.54, 1.807) is 7.11 Å². The summed E-state index contributed by atoms with van der Waals surface area (Å²) in [5, 5.41) is 12.2. The Morgan fingerprint density at radius 1 is 1.10 bits per heavy atom. The van der Waals surface area contributed by atoms with Crippen molar-refractivity contribution in [2.24, 2.45) is 0 Å². The molecule has 0 aliphatic heterocycles. The molecule has 1 aliphatic rings. The van der Waals surface area contributed by atoms with Crippen molar-refractivity contribution in [3.05, 3.63) is 59.7 Å². The molecule has 0 bridgehead atoms. The molecule has 0 aromatic heterocycles. The standard InChI is InChI=1S/C23H27NO5S/c1-15(11-12-28-2)30-14-21(22(25)26)24-23(27)29-13-20-18-9-5-3-7-16(18)17-8-4-6-10-19(17)20/h3-10,15,20-21H,11-14H2,1-2H3,(H,24,27)(H,25,26). The molecule has 1 aliphatic carbocycles. The van der Waals surface area contributed by atoms with Gasteiger partial charge in [-0.2, -0.15) is 11.8 Å². The van der Waals surface area contributed by atoms with Gasteiger partial charge in [0.25, 0.3) is 0 Å². The Kier molecular flexibility index (Phi) is 7.76. The second-order valence-corrected chi connectivity index (χ2v) is 8.76. The molecule has 2 atom stereocenters. The summed E-state index contributed by atoms with van der Waals surface area (Å²) in [6.45, 7) is 2.78. The van der Waals surface area contributed by atoms with E-state index in [9.17, 15) is 14.7 Å². The Bertz CT molecular complexity index is 842. The van der Waals surface area contributed by atoms with Crippen LogP contribution in [-0.4, -0.2) is 54.5 Å². The Morgan fingerprint density at radius 3 is 2.27 bits per heavy atom. The van der Waals surface area contributed by atoms with Gasteiger partial charge in [0.1, 0.15) is 12.6 Å². The first-order valence-electron chi connectivity index (χ1n) is 9.96. The number of carboxylic acids is 1. The van der Waals surface area contributed by atoms with E-state index in [-0.39, 0.29) is 23.5 Å². The van der Waals surface area contributed by atoms with Crippen LogP contribution in [-0.2, 0) is 14.3 Å². The number of fused-ring (bicyclic) bond motifs is 3. The van der Waals surface area contributed by atoms with Gasteiger partial charge in [-0.1, -0.05) is 55.5 Å². The lowest BCUT2D eigenvalue weighted by molar-refractivity contribution is -0.138. The first-order valence-corrected chi connectivity index (χ1v) is 11.0. The molecule has 6 nitrogen and oxygen atoms in total. The maximum atomic E-state index is 12.3. The number of alkyl carbamates (subject to hydrolysis) is 1. The normalized spacial score (nSPS) is 14.5. The fourth-order valence-electron chi connectivity index (χ4n) is 3.58. The van der Waals surface area contributed by atoms with Crippen LogP contribution in [0.15, 0.2) is 48.5 Å². The first kappa shape index (κ1) is 22.2. The van der Waals surface area contributed by atoms with Gasteiger partial charge in [0.05, 0.1) is 0 Å². The zero-order chi connectivity index (χ0) is 21.5. The second kappa shape index (κ2) is 10.5. The van der Waals surface area contributed by atoms with E-state index in [1.165, 1.54) is 11.8 Å².